The maximum atomic E-state index is 11.8. The van der Waals surface area contributed by atoms with Gasteiger partial charge in [-0.2, -0.15) is 11.8 Å². The number of hydrogen-bond acceptors (Lipinski definition) is 1. The average molecular weight is 262 g/mol. The third-order valence-electron chi connectivity index (χ3n) is 3.06. The lowest BCUT2D eigenvalue weighted by Crippen LogP contribution is -1.86. The highest BCUT2D eigenvalue weighted by Gasteiger charge is 1.93. The average Bonchev–Trinajstić information content (AvgIpc) is 2.35. The molecule has 0 unspecified atom stereocenters. The molecule has 2 heteroatoms. The van der Waals surface area contributed by atoms with Crippen molar-refractivity contribution in [1.82, 2.24) is 0 Å². The Morgan fingerprint density at radius 3 is 1.65 bits per heavy atom. The van der Waals surface area contributed by atoms with Gasteiger partial charge in [0.25, 0.3) is 0 Å². The van der Waals surface area contributed by atoms with Gasteiger partial charge in [0.05, 0.1) is 6.67 Å². The largest absolute Gasteiger partial charge is 0.251 e. The van der Waals surface area contributed by atoms with Crippen LogP contribution in [0.15, 0.2) is 0 Å². The van der Waals surface area contributed by atoms with Crippen LogP contribution in [0, 0.1) is 0 Å². The standard InChI is InChI=1S/C15H31FS/c1-2-3-4-5-6-7-8-9-11-14-17-15-12-10-13-16/h2-15H2,1H3. The number of halogens is 1. The maximum Gasteiger partial charge on any atom is 0.0894 e. The highest BCUT2D eigenvalue weighted by atomic mass is 32.2. The van der Waals surface area contributed by atoms with Crippen LogP contribution in [-0.2, 0) is 0 Å². The summed E-state index contributed by atoms with van der Waals surface area (Å²) in [5.41, 5.74) is 0. The molecule has 0 aliphatic heterocycles. The van der Waals surface area contributed by atoms with E-state index in [1.165, 1.54) is 63.5 Å². The molecule has 0 N–H and O–H groups in total. The second-order valence-electron chi connectivity index (χ2n) is 4.84. The highest BCUT2D eigenvalue weighted by molar-refractivity contribution is 7.99. The van der Waals surface area contributed by atoms with Crippen molar-refractivity contribution in [3.63, 3.8) is 0 Å². The summed E-state index contributed by atoms with van der Waals surface area (Å²) in [6.45, 7) is 2.13. The van der Waals surface area contributed by atoms with Crippen LogP contribution in [0.3, 0.4) is 0 Å². The van der Waals surface area contributed by atoms with E-state index in [1.54, 1.807) is 0 Å². The van der Waals surface area contributed by atoms with Crippen molar-refractivity contribution in [2.24, 2.45) is 0 Å². The lowest BCUT2D eigenvalue weighted by atomic mass is 10.1. The normalized spacial score (nSPS) is 10.9. The predicted octanol–water partition coefficient (Wildman–Crippen LogP) is 6.00. The van der Waals surface area contributed by atoms with Crippen LogP contribution >= 0.6 is 11.8 Å². The highest BCUT2D eigenvalue weighted by Crippen LogP contribution is 2.12. The van der Waals surface area contributed by atoms with Gasteiger partial charge in [0.15, 0.2) is 0 Å². The SMILES string of the molecule is CCCCCCCCCCCSCCCCF. The van der Waals surface area contributed by atoms with Crippen LogP contribution in [0.5, 0.6) is 0 Å². The Kier molecular flexibility index (Phi) is 16.5. The van der Waals surface area contributed by atoms with Gasteiger partial charge in [0.1, 0.15) is 0 Å². The van der Waals surface area contributed by atoms with Crippen molar-refractivity contribution in [3.8, 4) is 0 Å². The molecule has 0 heterocycles. The number of hydrogen-bond donors (Lipinski definition) is 0. The summed E-state index contributed by atoms with van der Waals surface area (Å²) in [7, 11) is 0. The van der Waals surface area contributed by atoms with Gasteiger partial charge in [-0.1, -0.05) is 58.3 Å². The van der Waals surface area contributed by atoms with Crippen LogP contribution in [0.1, 0.15) is 77.6 Å². The van der Waals surface area contributed by atoms with E-state index in [-0.39, 0.29) is 6.67 Å². The van der Waals surface area contributed by atoms with E-state index in [1.807, 2.05) is 11.8 Å². The van der Waals surface area contributed by atoms with Crippen LogP contribution < -0.4 is 0 Å². The fraction of sp³-hybridized carbons (Fsp3) is 1.00. The molecule has 0 rings (SSSR count). The maximum absolute atomic E-state index is 11.8. The van der Waals surface area contributed by atoms with Gasteiger partial charge in [-0.3, -0.25) is 4.39 Å². The van der Waals surface area contributed by atoms with Gasteiger partial charge in [-0.25, -0.2) is 0 Å². The van der Waals surface area contributed by atoms with Crippen molar-refractivity contribution in [2.75, 3.05) is 18.2 Å². The molecule has 0 aromatic heterocycles. The van der Waals surface area contributed by atoms with Gasteiger partial charge in [-0.05, 0) is 30.8 Å². The van der Waals surface area contributed by atoms with Crippen molar-refractivity contribution in [1.29, 1.82) is 0 Å². The minimum atomic E-state index is -0.140. The molecule has 0 saturated carbocycles. The summed E-state index contributed by atoms with van der Waals surface area (Å²) in [5, 5.41) is 0. The Morgan fingerprint density at radius 2 is 1.12 bits per heavy atom. The summed E-state index contributed by atoms with van der Waals surface area (Å²) >= 11 is 2.00. The van der Waals surface area contributed by atoms with E-state index in [9.17, 15) is 4.39 Å². The van der Waals surface area contributed by atoms with E-state index < -0.39 is 0 Å². The quantitative estimate of drug-likeness (QED) is 0.346. The van der Waals surface area contributed by atoms with E-state index in [2.05, 4.69) is 6.92 Å². The van der Waals surface area contributed by atoms with Gasteiger partial charge in [0, 0.05) is 0 Å². The van der Waals surface area contributed by atoms with E-state index in [0.717, 1.165) is 18.6 Å². The smallest absolute Gasteiger partial charge is 0.0894 e. The molecule has 0 amide bonds. The Labute approximate surface area is 112 Å². The van der Waals surface area contributed by atoms with E-state index >= 15 is 0 Å². The number of unbranched alkanes of at least 4 members (excludes halogenated alkanes) is 9. The first-order valence-corrected chi connectivity index (χ1v) is 8.71. The zero-order valence-corrected chi connectivity index (χ0v) is 12.5. The van der Waals surface area contributed by atoms with Gasteiger partial charge < -0.3 is 0 Å². The molecular formula is C15H31FS. The molecule has 0 aliphatic carbocycles. The Bertz CT molecular complexity index is 114. The minimum absolute atomic E-state index is 0.140. The third-order valence-corrected chi connectivity index (χ3v) is 4.22. The van der Waals surface area contributed by atoms with E-state index in [4.69, 9.17) is 0 Å². The molecule has 0 spiro atoms. The molecule has 17 heavy (non-hydrogen) atoms. The first kappa shape index (κ1) is 17.3. The molecule has 0 saturated heterocycles. The molecular weight excluding hydrogens is 231 g/mol. The first-order valence-electron chi connectivity index (χ1n) is 7.55. The molecule has 0 aliphatic rings. The van der Waals surface area contributed by atoms with Crippen molar-refractivity contribution in [3.05, 3.63) is 0 Å². The fourth-order valence-electron chi connectivity index (χ4n) is 1.92. The van der Waals surface area contributed by atoms with Crippen molar-refractivity contribution < 1.29 is 4.39 Å². The molecule has 0 atom stereocenters. The zero-order chi connectivity index (χ0) is 12.6. The van der Waals surface area contributed by atoms with Gasteiger partial charge in [0.2, 0.25) is 0 Å². The topological polar surface area (TPSA) is 0 Å². The van der Waals surface area contributed by atoms with Crippen LogP contribution in [0.4, 0.5) is 4.39 Å². The van der Waals surface area contributed by atoms with Crippen LogP contribution in [0.25, 0.3) is 0 Å². The number of rotatable bonds is 14. The Morgan fingerprint density at radius 1 is 0.647 bits per heavy atom. The summed E-state index contributed by atoms with van der Waals surface area (Å²) < 4.78 is 11.8. The number of alkyl halides is 1. The van der Waals surface area contributed by atoms with Gasteiger partial charge >= 0.3 is 0 Å². The molecule has 0 bridgehead atoms. The molecule has 0 nitrogen and oxygen atoms in total. The van der Waals surface area contributed by atoms with E-state index in [0.29, 0.717) is 0 Å². The van der Waals surface area contributed by atoms with Crippen LogP contribution in [-0.4, -0.2) is 18.2 Å². The van der Waals surface area contributed by atoms with Gasteiger partial charge in [-0.15, -0.1) is 0 Å². The monoisotopic (exact) mass is 262 g/mol. The first-order chi connectivity index (χ1) is 8.41. The molecule has 0 fully saturated rings. The predicted molar refractivity (Wildman–Crippen MR) is 79.8 cm³/mol. The second kappa shape index (κ2) is 16.3. The second-order valence-corrected chi connectivity index (χ2v) is 6.06. The van der Waals surface area contributed by atoms with Crippen molar-refractivity contribution >= 4 is 11.8 Å². The van der Waals surface area contributed by atoms with Crippen LogP contribution in [0.2, 0.25) is 0 Å². The minimum Gasteiger partial charge on any atom is -0.251 e. The summed E-state index contributed by atoms with van der Waals surface area (Å²) in [4.78, 5) is 0. The molecule has 104 valence electrons. The summed E-state index contributed by atoms with van der Waals surface area (Å²) in [5.74, 6) is 2.43. The zero-order valence-electron chi connectivity index (χ0n) is 11.7. The Balaban J connectivity index is 2.85. The molecule has 0 aromatic rings. The molecule has 0 radical (unpaired) electrons. The Hall–Kier alpha value is 0.280. The lowest BCUT2D eigenvalue weighted by molar-refractivity contribution is 0.470. The molecule has 0 aromatic carbocycles. The third kappa shape index (κ3) is 16.3. The summed E-state index contributed by atoms with van der Waals surface area (Å²) in [6, 6.07) is 0. The fourth-order valence-corrected chi connectivity index (χ4v) is 2.94. The van der Waals surface area contributed by atoms with Crippen molar-refractivity contribution in [2.45, 2.75) is 77.6 Å². The number of thioether (sulfide) groups is 1. The summed E-state index contributed by atoms with van der Waals surface area (Å²) in [6.07, 6.45) is 14.5. The lowest BCUT2D eigenvalue weighted by Gasteiger charge is -2.02.